The molecule has 0 spiro atoms. The van der Waals surface area contributed by atoms with Gasteiger partial charge in [0.05, 0.1) is 0 Å². The Morgan fingerprint density at radius 2 is 2.12 bits per heavy atom. The lowest BCUT2D eigenvalue weighted by Gasteiger charge is -2.21. The number of hydrogen-bond acceptors (Lipinski definition) is 1. The Bertz CT molecular complexity index is 66.9. The van der Waals surface area contributed by atoms with Gasteiger partial charge in [-0.15, -0.1) is 0 Å². The van der Waals surface area contributed by atoms with Gasteiger partial charge in [0.2, 0.25) is 0 Å². The standard InChI is InChI=1S/C6H12BrN/c7-5-2-1-3-6(8)4-5/h5-6H,1-4,8H2/t5-,6-/m0/s1. The van der Waals surface area contributed by atoms with E-state index in [0.717, 1.165) is 0 Å². The van der Waals surface area contributed by atoms with Gasteiger partial charge >= 0.3 is 0 Å². The molecule has 0 aliphatic heterocycles. The molecular formula is C6H12BrN. The lowest BCUT2D eigenvalue weighted by molar-refractivity contribution is 0.455. The molecule has 8 heavy (non-hydrogen) atoms. The molecule has 48 valence electrons. The molecule has 0 saturated heterocycles. The summed E-state index contributed by atoms with van der Waals surface area (Å²) in [4.78, 5) is 0.700. The first-order valence-corrected chi connectivity index (χ1v) is 4.10. The molecule has 1 saturated carbocycles. The van der Waals surface area contributed by atoms with Crippen LogP contribution in [0.3, 0.4) is 0 Å². The Hall–Kier alpha value is 0.440. The molecule has 2 atom stereocenters. The van der Waals surface area contributed by atoms with E-state index in [1.165, 1.54) is 25.7 Å². The molecule has 0 aromatic rings. The lowest BCUT2D eigenvalue weighted by atomic mass is 9.96. The van der Waals surface area contributed by atoms with E-state index in [0.29, 0.717) is 10.9 Å². The van der Waals surface area contributed by atoms with Crippen molar-refractivity contribution in [2.45, 2.75) is 36.6 Å². The van der Waals surface area contributed by atoms with Crippen LogP contribution in [-0.2, 0) is 0 Å². The number of alkyl halides is 1. The van der Waals surface area contributed by atoms with Crippen molar-refractivity contribution in [3.63, 3.8) is 0 Å². The zero-order chi connectivity index (χ0) is 5.98. The minimum Gasteiger partial charge on any atom is -0.328 e. The van der Waals surface area contributed by atoms with Gasteiger partial charge in [-0.1, -0.05) is 22.4 Å². The van der Waals surface area contributed by atoms with E-state index in [1.807, 2.05) is 0 Å². The molecular weight excluding hydrogens is 166 g/mol. The van der Waals surface area contributed by atoms with Gasteiger partial charge in [0.15, 0.2) is 0 Å². The van der Waals surface area contributed by atoms with Gasteiger partial charge in [-0.25, -0.2) is 0 Å². The normalized spacial score (nSPS) is 39.8. The van der Waals surface area contributed by atoms with E-state index >= 15 is 0 Å². The van der Waals surface area contributed by atoms with E-state index in [-0.39, 0.29) is 0 Å². The molecule has 0 bridgehead atoms. The molecule has 1 fully saturated rings. The largest absolute Gasteiger partial charge is 0.328 e. The fourth-order valence-corrected chi connectivity index (χ4v) is 1.97. The van der Waals surface area contributed by atoms with Crippen molar-refractivity contribution in [2.75, 3.05) is 0 Å². The van der Waals surface area contributed by atoms with Crippen LogP contribution in [0.5, 0.6) is 0 Å². The van der Waals surface area contributed by atoms with Crippen LogP contribution in [-0.4, -0.2) is 10.9 Å². The fraction of sp³-hybridized carbons (Fsp3) is 1.00. The summed E-state index contributed by atoms with van der Waals surface area (Å²) in [6.07, 6.45) is 5.01. The van der Waals surface area contributed by atoms with Crippen molar-refractivity contribution in [1.29, 1.82) is 0 Å². The van der Waals surface area contributed by atoms with Crippen LogP contribution in [0, 0.1) is 0 Å². The third-order valence-electron chi connectivity index (χ3n) is 1.65. The minimum absolute atomic E-state index is 0.466. The molecule has 0 heterocycles. The molecule has 0 unspecified atom stereocenters. The van der Waals surface area contributed by atoms with Gasteiger partial charge in [-0.2, -0.15) is 0 Å². The van der Waals surface area contributed by atoms with Gasteiger partial charge in [0.25, 0.3) is 0 Å². The molecule has 2 N–H and O–H groups in total. The smallest absolute Gasteiger partial charge is 0.0160 e. The van der Waals surface area contributed by atoms with Gasteiger partial charge in [-0.3, -0.25) is 0 Å². The maximum absolute atomic E-state index is 5.70. The maximum Gasteiger partial charge on any atom is 0.0160 e. The summed E-state index contributed by atoms with van der Waals surface area (Å²) in [6, 6.07) is 0.466. The highest BCUT2D eigenvalue weighted by Gasteiger charge is 2.15. The predicted octanol–water partition coefficient (Wildman–Crippen LogP) is 1.65. The van der Waals surface area contributed by atoms with Crippen LogP contribution in [0.2, 0.25) is 0 Å². The van der Waals surface area contributed by atoms with E-state index < -0.39 is 0 Å². The van der Waals surface area contributed by atoms with E-state index in [4.69, 9.17) is 5.73 Å². The second-order valence-corrected chi connectivity index (χ2v) is 3.82. The Morgan fingerprint density at radius 1 is 1.38 bits per heavy atom. The summed E-state index contributed by atoms with van der Waals surface area (Å²) in [5.74, 6) is 0. The average Bonchev–Trinajstić information content (AvgIpc) is 1.64. The second kappa shape index (κ2) is 2.83. The zero-order valence-electron chi connectivity index (χ0n) is 4.94. The SMILES string of the molecule is N[C@H]1CCC[C@H](Br)C1. The summed E-state index contributed by atoms with van der Waals surface area (Å²) < 4.78 is 0. The quantitative estimate of drug-likeness (QED) is 0.560. The van der Waals surface area contributed by atoms with Crippen LogP contribution in [0.4, 0.5) is 0 Å². The molecule has 1 nitrogen and oxygen atoms in total. The number of halogens is 1. The van der Waals surface area contributed by atoms with Crippen molar-refractivity contribution in [1.82, 2.24) is 0 Å². The highest BCUT2D eigenvalue weighted by Crippen LogP contribution is 2.22. The van der Waals surface area contributed by atoms with Crippen LogP contribution < -0.4 is 5.73 Å². The first kappa shape index (κ1) is 6.56. The first-order valence-electron chi connectivity index (χ1n) is 3.18. The molecule has 1 aliphatic rings. The summed E-state index contributed by atoms with van der Waals surface area (Å²) in [5.41, 5.74) is 5.70. The Labute approximate surface area is 58.8 Å². The minimum atomic E-state index is 0.466. The van der Waals surface area contributed by atoms with Crippen LogP contribution >= 0.6 is 15.9 Å². The Balaban J connectivity index is 2.23. The van der Waals surface area contributed by atoms with Crippen molar-refractivity contribution < 1.29 is 0 Å². The predicted molar refractivity (Wildman–Crippen MR) is 39.2 cm³/mol. The first-order chi connectivity index (χ1) is 3.79. The van der Waals surface area contributed by atoms with Gasteiger partial charge < -0.3 is 5.73 Å². The Morgan fingerprint density at radius 3 is 2.50 bits per heavy atom. The van der Waals surface area contributed by atoms with Crippen LogP contribution in [0.15, 0.2) is 0 Å². The molecule has 2 heteroatoms. The summed E-state index contributed by atoms with van der Waals surface area (Å²) in [5, 5.41) is 0. The summed E-state index contributed by atoms with van der Waals surface area (Å²) >= 11 is 3.55. The molecule has 0 aromatic heterocycles. The zero-order valence-corrected chi connectivity index (χ0v) is 6.52. The highest BCUT2D eigenvalue weighted by molar-refractivity contribution is 9.09. The maximum atomic E-state index is 5.70. The second-order valence-electron chi connectivity index (χ2n) is 2.52. The monoisotopic (exact) mass is 177 g/mol. The number of nitrogens with two attached hydrogens (primary N) is 1. The molecule has 0 radical (unpaired) electrons. The van der Waals surface area contributed by atoms with Gasteiger partial charge in [0, 0.05) is 10.9 Å². The Kier molecular flexibility index (Phi) is 2.32. The fourth-order valence-electron chi connectivity index (χ4n) is 1.17. The molecule has 1 aliphatic carbocycles. The number of rotatable bonds is 0. The number of hydrogen-bond donors (Lipinski definition) is 1. The summed E-state index contributed by atoms with van der Waals surface area (Å²) in [6.45, 7) is 0. The van der Waals surface area contributed by atoms with Crippen molar-refractivity contribution in [3.8, 4) is 0 Å². The molecule has 0 aromatic carbocycles. The topological polar surface area (TPSA) is 26.0 Å². The lowest BCUT2D eigenvalue weighted by Crippen LogP contribution is -2.27. The molecule has 1 rings (SSSR count). The van der Waals surface area contributed by atoms with E-state index in [9.17, 15) is 0 Å². The molecule has 0 amide bonds. The average molecular weight is 178 g/mol. The van der Waals surface area contributed by atoms with Crippen molar-refractivity contribution in [3.05, 3.63) is 0 Å². The van der Waals surface area contributed by atoms with Gasteiger partial charge in [0.1, 0.15) is 0 Å². The highest BCUT2D eigenvalue weighted by atomic mass is 79.9. The third kappa shape index (κ3) is 1.75. The van der Waals surface area contributed by atoms with Crippen LogP contribution in [0.25, 0.3) is 0 Å². The van der Waals surface area contributed by atoms with E-state index in [1.54, 1.807) is 0 Å². The van der Waals surface area contributed by atoms with E-state index in [2.05, 4.69) is 15.9 Å². The van der Waals surface area contributed by atoms with Crippen molar-refractivity contribution in [2.24, 2.45) is 5.73 Å². The van der Waals surface area contributed by atoms with Crippen LogP contribution in [0.1, 0.15) is 25.7 Å². The van der Waals surface area contributed by atoms with Gasteiger partial charge in [-0.05, 0) is 19.3 Å². The van der Waals surface area contributed by atoms with Crippen molar-refractivity contribution >= 4 is 15.9 Å². The summed E-state index contributed by atoms with van der Waals surface area (Å²) in [7, 11) is 0. The third-order valence-corrected chi connectivity index (χ3v) is 2.48.